The summed E-state index contributed by atoms with van der Waals surface area (Å²) in [6.07, 6.45) is 9.55. The van der Waals surface area contributed by atoms with E-state index in [0.717, 1.165) is 0 Å². The summed E-state index contributed by atoms with van der Waals surface area (Å²) in [4.78, 5) is 7.79. The van der Waals surface area contributed by atoms with Crippen molar-refractivity contribution in [3.8, 4) is 0 Å². The molecule has 0 fully saturated rings. The van der Waals surface area contributed by atoms with Gasteiger partial charge in [0.05, 0.1) is 12.4 Å². The first-order valence-electron chi connectivity index (χ1n) is 3.42. The van der Waals surface area contributed by atoms with Gasteiger partial charge in [-0.25, -0.2) is 9.97 Å². The first kappa shape index (κ1) is 6.84. The fraction of sp³-hybridized carbons (Fsp3) is 0. The topological polar surface area (TPSA) is 52.1 Å². The molecule has 0 atom stereocenters. The van der Waals surface area contributed by atoms with Gasteiger partial charge in [0, 0.05) is 12.2 Å². The molecule has 2 aromatic heterocycles. The summed E-state index contributed by atoms with van der Waals surface area (Å²) in [5, 5.41) is 0. The third-order valence-corrected chi connectivity index (χ3v) is 1.27. The molecule has 0 aliphatic rings. The van der Waals surface area contributed by atoms with Gasteiger partial charge in [-0.15, -0.1) is 0 Å². The standard InChI is InChI=1S/C8H6N2O2/c1(7-9-3-5-11-7)2-8-10-4-6-12-8/h1-6H. The molecule has 2 heterocycles. The zero-order valence-electron chi connectivity index (χ0n) is 6.18. The highest BCUT2D eigenvalue weighted by Gasteiger charge is 1.91. The molecule has 0 N–H and O–H groups in total. The minimum Gasteiger partial charge on any atom is -0.445 e. The second-order valence-corrected chi connectivity index (χ2v) is 2.07. The van der Waals surface area contributed by atoms with Crippen molar-refractivity contribution in [3.05, 3.63) is 36.7 Å². The SMILES string of the molecule is C(=Cc1ncco1)c1ncco1. The molecule has 0 aromatic carbocycles. The van der Waals surface area contributed by atoms with Crippen LogP contribution in [0.2, 0.25) is 0 Å². The normalized spacial score (nSPS) is 11.0. The fourth-order valence-electron chi connectivity index (χ4n) is 0.776. The van der Waals surface area contributed by atoms with Gasteiger partial charge in [0.25, 0.3) is 0 Å². The molecule has 60 valence electrons. The Morgan fingerprint density at radius 1 is 0.917 bits per heavy atom. The molecule has 0 saturated heterocycles. The second-order valence-electron chi connectivity index (χ2n) is 2.07. The smallest absolute Gasteiger partial charge is 0.218 e. The molecule has 4 heteroatoms. The van der Waals surface area contributed by atoms with Crippen molar-refractivity contribution in [2.75, 3.05) is 0 Å². The Balaban J connectivity index is 2.14. The average molecular weight is 162 g/mol. The lowest BCUT2D eigenvalue weighted by Gasteiger charge is -1.80. The van der Waals surface area contributed by atoms with Crippen LogP contribution >= 0.6 is 0 Å². The summed E-state index contributed by atoms with van der Waals surface area (Å²) in [5.74, 6) is 1.07. The highest BCUT2D eigenvalue weighted by molar-refractivity contribution is 5.60. The molecule has 0 spiro atoms. The summed E-state index contributed by atoms with van der Waals surface area (Å²) >= 11 is 0. The van der Waals surface area contributed by atoms with Crippen LogP contribution < -0.4 is 0 Å². The third-order valence-electron chi connectivity index (χ3n) is 1.27. The van der Waals surface area contributed by atoms with Gasteiger partial charge < -0.3 is 8.83 Å². The van der Waals surface area contributed by atoms with Gasteiger partial charge in [0.2, 0.25) is 11.8 Å². The van der Waals surface area contributed by atoms with E-state index in [2.05, 4.69) is 9.97 Å². The van der Waals surface area contributed by atoms with Crippen LogP contribution in [0.5, 0.6) is 0 Å². The predicted octanol–water partition coefficient (Wildman–Crippen LogP) is 1.83. The number of hydrogen-bond donors (Lipinski definition) is 0. The molecule has 0 unspecified atom stereocenters. The van der Waals surface area contributed by atoms with E-state index in [1.54, 1.807) is 24.5 Å². The Morgan fingerprint density at radius 2 is 1.42 bits per heavy atom. The van der Waals surface area contributed by atoms with E-state index in [9.17, 15) is 0 Å². The van der Waals surface area contributed by atoms with E-state index in [1.807, 2.05) is 0 Å². The zero-order chi connectivity index (χ0) is 8.23. The Morgan fingerprint density at radius 3 is 1.75 bits per heavy atom. The number of nitrogens with zero attached hydrogens (tertiary/aromatic N) is 2. The van der Waals surface area contributed by atoms with Crippen molar-refractivity contribution in [2.45, 2.75) is 0 Å². The highest BCUT2D eigenvalue weighted by atomic mass is 16.3. The molecular weight excluding hydrogens is 156 g/mol. The Hall–Kier alpha value is -1.84. The third kappa shape index (κ3) is 1.42. The summed E-state index contributed by atoms with van der Waals surface area (Å²) in [5.41, 5.74) is 0. The predicted molar refractivity (Wildman–Crippen MR) is 41.9 cm³/mol. The largest absolute Gasteiger partial charge is 0.445 e. The van der Waals surface area contributed by atoms with Crippen molar-refractivity contribution in [1.82, 2.24) is 9.97 Å². The quantitative estimate of drug-likeness (QED) is 0.675. The van der Waals surface area contributed by atoms with Crippen LogP contribution in [0.25, 0.3) is 12.2 Å². The van der Waals surface area contributed by atoms with Gasteiger partial charge in [0.15, 0.2) is 0 Å². The molecule has 0 saturated carbocycles. The van der Waals surface area contributed by atoms with Crippen molar-refractivity contribution < 1.29 is 8.83 Å². The minimum atomic E-state index is 0.535. The minimum absolute atomic E-state index is 0.535. The van der Waals surface area contributed by atoms with Crippen molar-refractivity contribution in [1.29, 1.82) is 0 Å². The van der Waals surface area contributed by atoms with Crippen LogP contribution in [0.15, 0.2) is 33.8 Å². The number of oxazole rings is 2. The highest BCUT2D eigenvalue weighted by Crippen LogP contribution is 2.03. The van der Waals surface area contributed by atoms with Crippen molar-refractivity contribution >= 4 is 12.2 Å². The van der Waals surface area contributed by atoms with E-state index in [4.69, 9.17) is 8.83 Å². The van der Waals surface area contributed by atoms with Crippen molar-refractivity contribution in [3.63, 3.8) is 0 Å². The Kier molecular flexibility index (Phi) is 1.74. The van der Waals surface area contributed by atoms with Crippen LogP contribution in [-0.4, -0.2) is 9.97 Å². The molecular formula is C8H6N2O2. The zero-order valence-corrected chi connectivity index (χ0v) is 6.18. The summed E-state index contributed by atoms with van der Waals surface area (Å²) in [6, 6.07) is 0. The Bertz CT molecular complexity index is 312. The molecule has 0 aliphatic carbocycles. The lowest BCUT2D eigenvalue weighted by molar-refractivity contribution is 0.541. The molecule has 0 amide bonds. The van der Waals surface area contributed by atoms with E-state index in [1.165, 1.54) is 12.5 Å². The van der Waals surface area contributed by atoms with Crippen LogP contribution in [0.4, 0.5) is 0 Å². The van der Waals surface area contributed by atoms with E-state index in [-0.39, 0.29) is 0 Å². The van der Waals surface area contributed by atoms with Gasteiger partial charge in [-0.05, 0) is 0 Å². The van der Waals surface area contributed by atoms with E-state index >= 15 is 0 Å². The van der Waals surface area contributed by atoms with Gasteiger partial charge in [-0.3, -0.25) is 0 Å². The first-order valence-corrected chi connectivity index (χ1v) is 3.42. The maximum atomic E-state index is 4.96. The lowest BCUT2D eigenvalue weighted by atomic mass is 10.5. The van der Waals surface area contributed by atoms with Gasteiger partial charge in [-0.1, -0.05) is 0 Å². The van der Waals surface area contributed by atoms with Gasteiger partial charge in [0.1, 0.15) is 12.5 Å². The first-order chi connectivity index (χ1) is 5.95. The number of aromatic nitrogens is 2. The number of hydrogen-bond acceptors (Lipinski definition) is 4. The molecule has 0 bridgehead atoms. The summed E-state index contributed by atoms with van der Waals surface area (Å²) in [6.45, 7) is 0. The second kappa shape index (κ2) is 3.04. The summed E-state index contributed by atoms with van der Waals surface area (Å²) in [7, 11) is 0. The molecule has 4 nitrogen and oxygen atoms in total. The van der Waals surface area contributed by atoms with Crippen LogP contribution in [0.3, 0.4) is 0 Å². The van der Waals surface area contributed by atoms with Gasteiger partial charge in [-0.2, -0.15) is 0 Å². The van der Waals surface area contributed by atoms with Gasteiger partial charge >= 0.3 is 0 Å². The maximum Gasteiger partial charge on any atom is 0.218 e. The summed E-state index contributed by atoms with van der Waals surface area (Å²) < 4.78 is 9.93. The molecule has 2 rings (SSSR count). The van der Waals surface area contributed by atoms with Crippen LogP contribution in [0, 0.1) is 0 Å². The van der Waals surface area contributed by atoms with E-state index < -0.39 is 0 Å². The van der Waals surface area contributed by atoms with Crippen LogP contribution in [0.1, 0.15) is 11.8 Å². The fourth-order valence-corrected chi connectivity index (χ4v) is 0.776. The molecule has 0 aliphatic heterocycles. The number of rotatable bonds is 2. The van der Waals surface area contributed by atoms with Crippen molar-refractivity contribution in [2.24, 2.45) is 0 Å². The maximum absolute atomic E-state index is 4.96. The lowest BCUT2D eigenvalue weighted by Crippen LogP contribution is -1.69. The monoisotopic (exact) mass is 162 g/mol. The average Bonchev–Trinajstić information content (AvgIpc) is 2.74. The molecule has 2 aromatic rings. The Labute approximate surface area is 68.6 Å². The molecule has 0 radical (unpaired) electrons. The molecule has 12 heavy (non-hydrogen) atoms. The van der Waals surface area contributed by atoms with E-state index in [0.29, 0.717) is 11.8 Å². The van der Waals surface area contributed by atoms with Crippen LogP contribution in [-0.2, 0) is 0 Å².